The first-order chi connectivity index (χ1) is 10.6. The van der Waals surface area contributed by atoms with Gasteiger partial charge >= 0.3 is 0 Å². The fourth-order valence-electron chi connectivity index (χ4n) is 1.77. The molecule has 0 bridgehead atoms. The van der Waals surface area contributed by atoms with Gasteiger partial charge in [-0.1, -0.05) is 49.4 Å². The largest absolute Gasteiger partial charge is 0.299 e. The molecule has 118 valence electrons. The highest BCUT2D eigenvalue weighted by Crippen LogP contribution is 2.24. The average molecular weight is 324 g/mol. The molecule has 0 unspecified atom stereocenters. The van der Waals surface area contributed by atoms with Crippen LogP contribution >= 0.6 is 11.8 Å². The molecule has 0 saturated heterocycles. The van der Waals surface area contributed by atoms with E-state index in [2.05, 4.69) is 22.2 Å². The molecule has 0 aliphatic carbocycles. The molecule has 0 fully saturated rings. The number of hydrogen-bond acceptors (Lipinski definition) is 4. The lowest BCUT2D eigenvalue weighted by Crippen LogP contribution is -2.01. The van der Waals surface area contributed by atoms with Gasteiger partial charge in [0.15, 0.2) is 0 Å². The summed E-state index contributed by atoms with van der Waals surface area (Å²) in [5.74, 6) is 0.376. The number of hydrogen-bond donors (Lipinski definition) is 0. The first-order valence-electron chi connectivity index (χ1n) is 7.09. The molecule has 4 nitrogen and oxygen atoms in total. The van der Waals surface area contributed by atoms with Crippen LogP contribution in [0.25, 0.3) is 0 Å². The third-order valence-electron chi connectivity index (χ3n) is 3.06. The number of aryl methyl sites for hydroxylation is 1. The molecule has 0 amide bonds. The van der Waals surface area contributed by atoms with Crippen molar-refractivity contribution in [1.82, 2.24) is 14.9 Å². The molecule has 0 aliphatic rings. The Hall–Kier alpha value is -1.76. The SMILES string of the molecule is CCCCSc1nnc(C(F)F)n1/N=C/c1ccccc1C. The van der Waals surface area contributed by atoms with Crippen molar-refractivity contribution >= 4 is 18.0 Å². The van der Waals surface area contributed by atoms with Gasteiger partial charge in [-0.15, -0.1) is 10.2 Å². The van der Waals surface area contributed by atoms with E-state index in [1.54, 1.807) is 6.21 Å². The summed E-state index contributed by atoms with van der Waals surface area (Å²) in [6.45, 7) is 4.02. The maximum Gasteiger partial charge on any atom is 0.299 e. The highest BCUT2D eigenvalue weighted by molar-refractivity contribution is 7.99. The smallest absolute Gasteiger partial charge is 0.201 e. The summed E-state index contributed by atoms with van der Waals surface area (Å²) in [6.07, 6.45) is 0.884. The number of halogens is 2. The van der Waals surface area contributed by atoms with Gasteiger partial charge in [0.2, 0.25) is 11.0 Å². The summed E-state index contributed by atoms with van der Waals surface area (Å²) in [5, 5.41) is 11.9. The van der Waals surface area contributed by atoms with Crippen molar-refractivity contribution in [3.05, 3.63) is 41.2 Å². The van der Waals surface area contributed by atoms with E-state index in [0.717, 1.165) is 34.4 Å². The van der Waals surface area contributed by atoms with Crippen LogP contribution in [-0.2, 0) is 0 Å². The first kappa shape index (κ1) is 16.6. The molecule has 1 heterocycles. The molecule has 22 heavy (non-hydrogen) atoms. The van der Waals surface area contributed by atoms with Crippen molar-refractivity contribution in [2.45, 2.75) is 38.3 Å². The van der Waals surface area contributed by atoms with Gasteiger partial charge in [-0.3, -0.25) is 0 Å². The average Bonchev–Trinajstić information content (AvgIpc) is 2.90. The number of nitrogens with zero attached hydrogens (tertiary/aromatic N) is 4. The quantitative estimate of drug-likeness (QED) is 0.433. The van der Waals surface area contributed by atoms with Gasteiger partial charge in [0.05, 0.1) is 6.21 Å². The van der Waals surface area contributed by atoms with E-state index in [9.17, 15) is 8.78 Å². The lowest BCUT2D eigenvalue weighted by molar-refractivity contribution is 0.135. The van der Waals surface area contributed by atoms with Crippen molar-refractivity contribution in [2.75, 3.05) is 5.75 Å². The molecule has 0 radical (unpaired) electrons. The van der Waals surface area contributed by atoms with Crippen molar-refractivity contribution in [3.8, 4) is 0 Å². The van der Waals surface area contributed by atoms with Crippen LogP contribution in [0.2, 0.25) is 0 Å². The van der Waals surface area contributed by atoms with Crippen LogP contribution in [0.5, 0.6) is 0 Å². The molecule has 7 heteroatoms. The van der Waals surface area contributed by atoms with E-state index in [-0.39, 0.29) is 0 Å². The van der Waals surface area contributed by atoms with Gasteiger partial charge < -0.3 is 0 Å². The third kappa shape index (κ3) is 4.13. The van der Waals surface area contributed by atoms with Gasteiger partial charge in [-0.05, 0) is 24.5 Å². The third-order valence-corrected chi connectivity index (χ3v) is 4.07. The summed E-state index contributed by atoms with van der Waals surface area (Å²) in [6, 6.07) is 7.63. The molecule has 0 N–H and O–H groups in total. The maximum atomic E-state index is 13.0. The van der Waals surface area contributed by atoms with Crippen LogP contribution in [0.3, 0.4) is 0 Å². The number of rotatable bonds is 7. The minimum atomic E-state index is -2.71. The van der Waals surface area contributed by atoms with E-state index in [0.29, 0.717) is 5.16 Å². The van der Waals surface area contributed by atoms with Crippen molar-refractivity contribution in [2.24, 2.45) is 5.10 Å². The van der Waals surface area contributed by atoms with Crippen molar-refractivity contribution in [1.29, 1.82) is 0 Å². The monoisotopic (exact) mass is 324 g/mol. The standard InChI is InChI=1S/C15H18F2N4S/c1-3-4-9-22-15-20-19-14(13(16)17)21(15)18-10-12-8-6-5-7-11(12)2/h5-8,10,13H,3-4,9H2,1-2H3/b18-10+. The summed E-state index contributed by atoms with van der Waals surface area (Å²) in [5.41, 5.74) is 1.90. The summed E-state index contributed by atoms with van der Waals surface area (Å²) in [7, 11) is 0. The Labute approximate surface area is 132 Å². The second-order valence-electron chi connectivity index (χ2n) is 4.76. The fraction of sp³-hybridized carbons (Fsp3) is 0.400. The van der Waals surface area contributed by atoms with E-state index in [1.807, 2.05) is 31.2 Å². The Morgan fingerprint density at radius 2 is 2.09 bits per heavy atom. The van der Waals surface area contributed by atoms with Crippen LogP contribution < -0.4 is 0 Å². The van der Waals surface area contributed by atoms with Gasteiger partial charge in [0, 0.05) is 5.75 Å². The minimum Gasteiger partial charge on any atom is -0.201 e. The van der Waals surface area contributed by atoms with E-state index in [1.165, 1.54) is 11.8 Å². The molecule has 1 aromatic heterocycles. The molecule has 1 aromatic carbocycles. The van der Waals surface area contributed by atoms with Gasteiger partial charge in [0.1, 0.15) is 0 Å². The van der Waals surface area contributed by atoms with Crippen LogP contribution in [0.15, 0.2) is 34.5 Å². The predicted octanol–water partition coefficient (Wildman–Crippen LogP) is 4.30. The van der Waals surface area contributed by atoms with Gasteiger partial charge in [-0.25, -0.2) is 8.78 Å². The number of alkyl halides is 2. The molecule has 0 spiro atoms. The molecular formula is C15H18F2N4S. The summed E-state index contributed by atoms with van der Waals surface area (Å²) in [4.78, 5) is 0. The van der Waals surface area contributed by atoms with Crippen LogP contribution in [0, 0.1) is 6.92 Å². The Bertz CT molecular complexity index is 640. The molecule has 0 saturated carbocycles. The molecule has 0 atom stereocenters. The number of thioether (sulfide) groups is 1. The zero-order chi connectivity index (χ0) is 15.9. The van der Waals surface area contributed by atoms with E-state index >= 15 is 0 Å². The Kier molecular flexibility index (Phi) is 6.06. The highest BCUT2D eigenvalue weighted by atomic mass is 32.2. The molecule has 2 rings (SSSR count). The summed E-state index contributed by atoms with van der Waals surface area (Å²) < 4.78 is 27.2. The Balaban J connectivity index is 2.27. The second kappa shape index (κ2) is 8.03. The number of aromatic nitrogens is 3. The first-order valence-corrected chi connectivity index (χ1v) is 8.08. The van der Waals surface area contributed by atoms with Crippen LogP contribution in [0.1, 0.15) is 43.1 Å². The molecular weight excluding hydrogens is 306 g/mol. The predicted molar refractivity (Wildman–Crippen MR) is 84.8 cm³/mol. The number of benzene rings is 1. The normalized spacial score (nSPS) is 11.7. The zero-order valence-corrected chi connectivity index (χ0v) is 13.4. The minimum absolute atomic E-state index is 0.397. The highest BCUT2D eigenvalue weighted by Gasteiger charge is 2.20. The topological polar surface area (TPSA) is 43.1 Å². The Morgan fingerprint density at radius 3 is 2.77 bits per heavy atom. The maximum absolute atomic E-state index is 13.0. The van der Waals surface area contributed by atoms with E-state index < -0.39 is 12.2 Å². The lowest BCUT2D eigenvalue weighted by Gasteiger charge is -2.04. The number of unbranched alkanes of at least 4 members (excludes halogenated alkanes) is 1. The summed E-state index contributed by atoms with van der Waals surface area (Å²) >= 11 is 1.39. The van der Waals surface area contributed by atoms with E-state index in [4.69, 9.17) is 0 Å². The van der Waals surface area contributed by atoms with Crippen LogP contribution in [0.4, 0.5) is 8.78 Å². The molecule has 0 aliphatic heterocycles. The fourth-order valence-corrected chi connectivity index (χ4v) is 2.75. The van der Waals surface area contributed by atoms with Crippen LogP contribution in [-0.4, -0.2) is 26.8 Å². The van der Waals surface area contributed by atoms with Crippen molar-refractivity contribution < 1.29 is 8.78 Å². The zero-order valence-electron chi connectivity index (χ0n) is 12.5. The van der Waals surface area contributed by atoms with Crippen molar-refractivity contribution in [3.63, 3.8) is 0 Å². The lowest BCUT2D eigenvalue weighted by atomic mass is 10.1. The van der Waals surface area contributed by atoms with Gasteiger partial charge in [0.25, 0.3) is 6.43 Å². The Morgan fingerprint density at radius 1 is 1.32 bits per heavy atom. The molecule has 2 aromatic rings. The van der Waals surface area contributed by atoms with Gasteiger partial charge in [-0.2, -0.15) is 9.78 Å². The second-order valence-corrected chi connectivity index (χ2v) is 5.82.